The topological polar surface area (TPSA) is 224 Å². The zero-order valence-corrected chi connectivity index (χ0v) is 18.3. The average molecular weight is 465 g/mol. The van der Waals surface area contributed by atoms with Crippen LogP contribution in [0.5, 0.6) is 0 Å². The van der Waals surface area contributed by atoms with Gasteiger partial charge in [0.2, 0.25) is 0 Å². The molecule has 15 heteroatoms. The first kappa shape index (κ1) is 34.1. The van der Waals surface area contributed by atoms with Crippen LogP contribution in [0.3, 0.4) is 0 Å². The highest BCUT2D eigenvalue weighted by Gasteiger charge is 2.17. The van der Waals surface area contributed by atoms with Crippen LogP contribution in [-0.2, 0) is 30.4 Å². The molecule has 0 aliphatic carbocycles. The maximum atomic E-state index is 9.56. The molecule has 0 spiro atoms. The Labute approximate surface area is 161 Å². The van der Waals surface area contributed by atoms with Crippen LogP contribution in [0.4, 0.5) is 0 Å². The van der Waals surface area contributed by atoms with Gasteiger partial charge in [-0.25, -0.2) is 0 Å². The fraction of sp³-hybridized carbons (Fsp3) is 1.00. The molecule has 0 bridgehead atoms. The molecule has 0 saturated heterocycles. The van der Waals surface area contributed by atoms with E-state index in [-0.39, 0.29) is 30.5 Å². The maximum absolute atomic E-state index is 9.56. The minimum Gasteiger partial charge on any atom is -0.396 e. The highest BCUT2D eigenvalue weighted by molar-refractivity contribution is 7.86. The van der Waals surface area contributed by atoms with Gasteiger partial charge in [0.25, 0.3) is 30.4 Å². The highest BCUT2D eigenvalue weighted by Crippen LogP contribution is 2.11. The van der Waals surface area contributed by atoms with Gasteiger partial charge in [0, 0.05) is 13.2 Å². The van der Waals surface area contributed by atoms with Crippen molar-refractivity contribution in [1.82, 2.24) is 0 Å². The van der Waals surface area contributed by atoms with Crippen molar-refractivity contribution >= 4 is 30.4 Å². The predicted octanol–water partition coefficient (Wildman–Crippen LogP) is -0.815. The zero-order valence-electron chi connectivity index (χ0n) is 15.8. The van der Waals surface area contributed by atoms with Crippen LogP contribution in [0.15, 0.2) is 0 Å². The molecule has 27 heavy (non-hydrogen) atoms. The number of aliphatic hydroxyl groups is 3. The minimum atomic E-state index is -3.66. The lowest BCUT2D eigenvalue weighted by atomic mass is 10.00. The number of hydrogen-bond acceptors (Lipinski definition) is 9. The first-order valence-electron chi connectivity index (χ1n) is 7.60. The van der Waals surface area contributed by atoms with Gasteiger partial charge in [-0.05, 0) is 40.5 Å². The van der Waals surface area contributed by atoms with Crippen LogP contribution < -0.4 is 0 Å². The zero-order chi connectivity index (χ0) is 22.9. The molecular formula is C12H32O12S3. The van der Waals surface area contributed by atoms with E-state index in [0.717, 1.165) is 0 Å². The lowest BCUT2D eigenvalue weighted by Crippen LogP contribution is -2.26. The van der Waals surface area contributed by atoms with Gasteiger partial charge >= 0.3 is 0 Å². The summed E-state index contributed by atoms with van der Waals surface area (Å²) in [5.41, 5.74) is -0.899. The lowest BCUT2D eigenvalue weighted by Gasteiger charge is -2.20. The Morgan fingerprint density at radius 3 is 0.852 bits per heavy atom. The average Bonchev–Trinajstić information content (AvgIpc) is 2.47. The van der Waals surface area contributed by atoms with Gasteiger partial charge in [0.05, 0.1) is 22.9 Å². The van der Waals surface area contributed by atoms with Gasteiger partial charge in [-0.2, -0.15) is 25.3 Å². The Morgan fingerprint density at radius 1 is 0.630 bits per heavy atom. The molecule has 0 amide bonds. The molecule has 170 valence electrons. The highest BCUT2D eigenvalue weighted by atomic mass is 32.2. The molecule has 0 heterocycles. The van der Waals surface area contributed by atoms with E-state index < -0.39 is 36.0 Å². The van der Waals surface area contributed by atoms with E-state index in [1.165, 1.54) is 20.8 Å². The Morgan fingerprint density at radius 2 is 0.778 bits per heavy atom. The number of hydrogen-bond donors (Lipinski definition) is 6. The first-order valence-corrected chi connectivity index (χ1v) is 12.4. The summed E-state index contributed by atoms with van der Waals surface area (Å²) in [6.45, 7) is 5.64. The van der Waals surface area contributed by atoms with Crippen molar-refractivity contribution in [1.29, 1.82) is 0 Å². The first-order chi connectivity index (χ1) is 11.8. The summed E-state index contributed by atoms with van der Waals surface area (Å²) in [7, 11) is -11.0. The SMILES string of the molecule is CC(O)(CCO)CCO.CCS(=O)(=O)O.CCS(=O)(=O)O.CCS(=O)(=O)O. The van der Waals surface area contributed by atoms with Crippen LogP contribution >= 0.6 is 0 Å². The lowest BCUT2D eigenvalue weighted by molar-refractivity contribution is 0.0116. The maximum Gasteiger partial charge on any atom is 0.264 e. The summed E-state index contributed by atoms with van der Waals surface area (Å²) < 4.78 is 80.7. The molecule has 0 aromatic rings. The molecule has 0 aromatic heterocycles. The van der Waals surface area contributed by atoms with Gasteiger partial charge in [0.15, 0.2) is 0 Å². The molecule has 12 nitrogen and oxygen atoms in total. The van der Waals surface area contributed by atoms with Crippen LogP contribution in [-0.4, -0.2) is 90.3 Å². The van der Waals surface area contributed by atoms with E-state index in [1.807, 2.05) is 0 Å². The van der Waals surface area contributed by atoms with Gasteiger partial charge in [-0.15, -0.1) is 0 Å². The number of rotatable bonds is 7. The monoisotopic (exact) mass is 464 g/mol. The second kappa shape index (κ2) is 16.6. The molecule has 0 radical (unpaired) electrons. The van der Waals surface area contributed by atoms with Crippen molar-refractivity contribution in [3.05, 3.63) is 0 Å². The Kier molecular flexibility index (Phi) is 20.9. The third-order valence-electron chi connectivity index (χ3n) is 2.40. The molecule has 0 aliphatic rings. The van der Waals surface area contributed by atoms with Crippen molar-refractivity contribution in [2.45, 2.75) is 46.1 Å². The third kappa shape index (κ3) is 51.7. The third-order valence-corrected chi connectivity index (χ3v) is 4.58. The van der Waals surface area contributed by atoms with Gasteiger partial charge < -0.3 is 15.3 Å². The largest absolute Gasteiger partial charge is 0.396 e. The Balaban J connectivity index is -0.000000133. The molecule has 0 unspecified atom stereocenters. The van der Waals surface area contributed by atoms with Crippen molar-refractivity contribution in [2.24, 2.45) is 0 Å². The van der Waals surface area contributed by atoms with Gasteiger partial charge in [0.1, 0.15) is 0 Å². The Hall–Kier alpha value is -0.390. The molecule has 6 N–H and O–H groups in total. The van der Waals surface area contributed by atoms with E-state index in [4.69, 9.17) is 23.9 Å². The summed E-state index contributed by atoms with van der Waals surface area (Å²) in [6.07, 6.45) is 0.654. The van der Waals surface area contributed by atoms with E-state index >= 15 is 0 Å². The van der Waals surface area contributed by atoms with Crippen LogP contribution in [0, 0.1) is 0 Å². The summed E-state index contributed by atoms with van der Waals surface area (Å²) in [6, 6.07) is 0. The normalized spacial score (nSPS) is 11.8. The smallest absolute Gasteiger partial charge is 0.264 e. The van der Waals surface area contributed by atoms with Crippen LogP contribution in [0.25, 0.3) is 0 Å². The molecule has 0 rings (SSSR count). The van der Waals surface area contributed by atoms with E-state index in [1.54, 1.807) is 6.92 Å². The van der Waals surface area contributed by atoms with Crippen molar-refractivity contribution < 1.29 is 54.2 Å². The number of aliphatic hydroxyl groups excluding tert-OH is 2. The summed E-state index contributed by atoms with van der Waals surface area (Å²) in [5.74, 6) is -0.604. The van der Waals surface area contributed by atoms with Crippen molar-refractivity contribution in [3.8, 4) is 0 Å². The van der Waals surface area contributed by atoms with E-state index in [2.05, 4.69) is 0 Å². The van der Waals surface area contributed by atoms with E-state index in [9.17, 15) is 30.4 Å². The molecule has 0 atom stereocenters. The molecule has 0 saturated carbocycles. The molecule has 0 aromatic carbocycles. The van der Waals surface area contributed by atoms with E-state index in [0.29, 0.717) is 12.8 Å². The predicted molar refractivity (Wildman–Crippen MR) is 100 cm³/mol. The second-order valence-corrected chi connectivity index (χ2v) is 10.3. The van der Waals surface area contributed by atoms with Gasteiger partial charge in [-0.1, -0.05) is 0 Å². The standard InChI is InChI=1S/C6H14O3.3C2H6O3S/c1-6(9,2-4-7)3-5-8;3*1-2-6(3,4)5/h7-9H,2-5H2,1H3;3*2H2,1H3,(H,3,4,5). The van der Waals surface area contributed by atoms with Crippen molar-refractivity contribution in [3.63, 3.8) is 0 Å². The second-order valence-electron chi connectivity index (χ2n) is 5.06. The molecule has 0 aliphatic heterocycles. The molecular weight excluding hydrogens is 432 g/mol. The van der Waals surface area contributed by atoms with Gasteiger partial charge in [-0.3, -0.25) is 13.7 Å². The van der Waals surface area contributed by atoms with Crippen molar-refractivity contribution in [2.75, 3.05) is 30.5 Å². The minimum absolute atomic E-state index is 0.0347. The fourth-order valence-corrected chi connectivity index (χ4v) is 0.607. The van der Waals surface area contributed by atoms with Crippen LogP contribution in [0.2, 0.25) is 0 Å². The quantitative estimate of drug-likeness (QED) is 0.254. The Bertz CT molecular complexity index is 551. The summed E-state index contributed by atoms with van der Waals surface area (Å²) in [4.78, 5) is 0. The molecule has 0 fully saturated rings. The van der Waals surface area contributed by atoms with Crippen LogP contribution in [0.1, 0.15) is 40.5 Å². The summed E-state index contributed by atoms with van der Waals surface area (Å²) in [5, 5.41) is 26.0. The fourth-order valence-electron chi connectivity index (χ4n) is 0.607. The summed E-state index contributed by atoms with van der Waals surface area (Å²) >= 11 is 0.